The van der Waals surface area contributed by atoms with E-state index in [1.807, 2.05) is 75.4 Å². The summed E-state index contributed by atoms with van der Waals surface area (Å²) in [5, 5.41) is 6.15. The molecule has 0 radical (unpaired) electrons. The first-order valence-corrected chi connectivity index (χ1v) is 12.0. The number of hydrogen-bond acceptors (Lipinski definition) is 6. The summed E-state index contributed by atoms with van der Waals surface area (Å²) in [5.74, 6) is 0.133. The largest absolute Gasteiger partial charge is 0.478 e. The third-order valence-corrected chi connectivity index (χ3v) is 6.34. The van der Waals surface area contributed by atoms with Crippen molar-refractivity contribution in [2.24, 2.45) is 0 Å². The molecule has 36 heavy (non-hydrogen) atoms. The van der Waals surface area contributed by atoms with Gasteiger partial charge in [0.15, 0.2) is 0 Å². The predicted molar refractivity (Wildman–Crippen MR) is 135 cm³/mol. The Hall–Kier alpha value is -4.27. The van der Waals surface area contributed by atoms with Crippen molar-refractivity contribution in [3.05, 3.63) is 78.5 Å². The van der Waals surface area contributed by atoms with Crippen LogP contribution in [-0.2, 0) is 0 Å². The van der Waals surface area contributed by atoms with Crippen LogP contribution in [0.4, 0.5) is 0 Å². The Labute approximate surface area is 209 Å². The van der Waals surface area contributed by atoms with Crippen LogP contribution in [-0.4, -0.2) is 73.1 Å². The molecular formula is C27H28N6O3. The van der Waals surface area contributed by atoms with E-state index in [0.29, 0.717) is 37.8 Å². The maximum atomic E-state index is 13.5. The molecule has 1 saturated heterocycles. The van der Waals surface area contributed by atoms with Crippen molar-refractivity contribution < 1.29 is 14.3 Å². The van der Waals surface area contributed by atoms with E-state index >= 15 is 0 Å². The van der Waals surface area contributed by atoms with Gasteiger partial charge < -0.3 is 14.5 Å². The fourth-order valence-electron chi connectivity index (χ4n) is 4.58. The van der Waals surface area contributed by atoms with Gasteiger partial charge in [0.1, 0.15) is 12.0 Å². The smallest absolute Gasteiger partial charge is 0.294 e. The standard InChI is InChI=1S/C27H28N6O3/c1-4-36-24-21-13-9-8-10-19(21)16-22(29-24)25(34)31-14-15-32(27(2,3)17-31)26(35)23-28-18-33(30-23)20-11-6-5-7-12-20/h5-13,16,18H,4,14-15,17H2,1-3H3. The molecule has 0 saturated carbocycles. The molecule has 3 heterocycles. The van der Waals surface area contributed by atoms with Crippen molar-refractivity contribution in [2.45, 2.75) is 26.3 Å². The Kier molecular flexibility index (Phi) is 6.13. The summed E-state index contributed by atoms with van der Waals surface area (Å²) in [6.07, 6.45) is 1.54. The van der Waals surface area contributed by atoms with Crippen LogP contribution in [0.1, 0.15) is 41.9 Å². The van der Waals surface area contributed by atoms with Gasteiger partial charge in [-0.2, -0.15) is 0 Å². The lowest BCUT2D eigenvalue weighted by molar-refractivity contribution is 0.0158. The zero-order valence-corrected chi connectivity index (χ0v) is 20.6. The number of rotatable bonds is 5. The van der Waals surface area contributed by atoms with E-state index in [0.717, 1.165) is 16.5 Å². The molecule has 1 aliphatic heterocycles. The van der Waals surface area contributed by atoms with Crippen molar-refractivity contribution >= 4 is 22.6 Å². The van der Waals surface area contributed by atoms with Crippen LogP contribution >= 0.6 is 0 Å². The second-order valence-electron chi connectivity index (χ2n) is 9.31. The number of benzene rings is 2. The van der Waals surface area contributed by atoms with Gasteiger partial charge in [0, 0.05) is 25.0 Å². The minimum absolute atomic E-state index is 0.129. The average molecular weight is 485 g/mol. The van der Waals surface area contributed by atoms with Crippen LogP contribution in [0.5, 0.6) is 5.88 Å². The zero-order valence-electron chi connectivity index (χ0n) is 20.6. The Morgan fingerprint density at radius 3 is 2.50 bits per heavy atom. The quantitative estimate of drug-likeness (QED) is 0.430. The van der Waals surface area contributed by atoms with Crippen molar-refractivity contribution in [1.29, 1.82) is 0 Å². The summed E-state index contributed by atoms with van der Waals surface area (Å²) < 4.78 is 7.30. The normalized spacial score (nSPS) is 15.2. The summed E-state index contributed by atoms with van der Waals surface area (Å²) in [7, 11) is 0. The highest BCUT2D eigenvalue weighted by molar-refractivity contribution is 5.98. The van der Waals surface area contributed by atoms with Gasteiger partial charge in [0.25, 0.3) is 11.8 Å². The molecule has 5 rings (SSSR count). The number of nitrogens with zero attached hydrogens (tertiary/aromatic N) is 6. The molecule has 0 atom stereocenters. The van der Waals surface area contributed by atoms with E-state index in [9.17, 15) is 9.59 Å². The predicted octanol–water partition coefficient (Wildman–Crippen LogP) is 3.59. The topological polar surface area (TPSA) is 93.5 Å². The highest BCUT2D eigenvalue weighted by Gasteiger charge is 2.40. The van der Waals surface area contributed by atoms with Crippen LogP contribution < -0.4 is 4.74 Å². The SMILES string of the molecule is CCOc1nc(C(=O)N2CCN(C(=O)c3ncn(-c4ccccc4)n3)C(C)(C)C2)cc2ccccc12. The number of carbonyl (C=O) groups excluding carboxylic acids is 2. The molecular weight excluding hydrogens is 456 g/mol. The highest BCUT2D eigenvalue weighted by Crippen LogP contribution is 2.27. The number of pyridine rings is 1. The summed E-state index contributed by atoms with van der Waals surface area (Å²) in [6, 6.07) is 19.0. The van der Waals surface area contributed by atoms with Crippen LogP contribution in [0.2, 0.25) is 0 Å². The van der Waals surface area contributed by atoms with Crippen molar-refractivity contribution in [3.63, 3.8) is 0 Å². The van der Waals surface area contributed by atoms with Crippen molar-refractivity contribution in [3.8, 4) is 11.6 Å². The number of carbonyl (C=O) groups is 2. The molecule has 2 aromatic carbocycles. The van der Waals surface area contributed by atoms with Gasteiger partial charge in [-0.1, -0.05) is 36.4 Å². The van der Waals surface area contributed by atoms with E-state index in [1.54, 1.807) is 20.5 Å². The number of piperazine rings is 1. The Morgan fingerprint density at radius 2 is 1.75 bits per heavy atom. The maximum absolute atomic E-state index is 13.5. The van der Waals surface area contributed by atoms with E-state index in [4.69, 9.17) is 4.74 Å². The summed E-state index contributed by atoms with van der Waals surface area (Å²) in [4.78, 5) is 39.1. The molecule has 9 nitrogen and oxygen atoms in total. The van der Waals surface area contributed by atoms with Gasteiger partial charge >= 0.3 is 0 Å². The average Bonchev–Trinajstić information content (AvgIpc) is 3.38. The van der Waals surface area contributed by atoms with Gasteiger partial charge in [-0.15, -0.1) is 5.10 Å². The molecule has 1 fully saturated rings. The lowest BCUT2D eigenvalue weighted by Crippen LogP contribution is -2.62. The first-order chi connectivity index (χ1) is 17.4. The Balaban J connectivity index is 1.34. The monoisotopic (exact) mass is 484 g/mol. The highest BCUT2D eigenvalue weighted by atomic mass is 16.5. The van der Waals surface area contributed by atoms with E-state index < -0.39 is 5.54 Å². The van der Waals surface area contributed by atoms with Crippen LogP contribution in [0.3, 0.4) is 0 Å². The van der Waals surface area contributed by atoms with E-state index in [1.165, 1.54) is 6.33 Å². The van der Waals surface area contributed by atoms with Gasteiger partial charge in [-0.05, 0) is 50.4 Å². The number of hydrogen-bond donors (Lipinski definition) is 0. The molecule has 9 heteroatoms. The van der Waals surface area contributed by atoms with Gasteiger partial charge in [0.05, 0.1) is 17.8 Å². The van der Waals surface area contributed by atoms with Gasteiger partial charge in [0.2, 0.25) is 11.7 Å². The molecule has 0 aliphatic carbocycles. The first kappa shape index (κ1) is 23.5. The van der Waals surface area contributed by atoms with Crippen molar-refractivity contribution in [2.75, 3.05) is 26.2 Å². The van der Waals surface area contributed by atoms with Gasteiger partial charge in [-0.25, -0.2) is 14.6 Å². The Morgan fingerprint density at radius 1 is 1.00 bits per heavy atom. The van der Waals surface area contributed by atoms with Crippen LogP contribution in [0.15, 0.2) is 67.0 Å². The maximum Gasteiger partial charge on any atom is 0.294 e. The fourth-order valence-corrected chi connectivity index (χ4v) is 4.58. The third kappa shape index (κ3) is 4.39. The Bertz CT molecular complexity index is 1420. The second-order valence-corrected chi connectivity index (χ2v) is 9.31. The molecule has 184 valence electrons. The van der Waals surface area contributed by atoms with E-state index in [-0.39, 0.29) is 17.6 Å². The minimum Gasteiger partial charge on any atom is -0.478 e. The summed E-state index contributed by atoms with van der Waals surface area (Å²) in [5.41, 5.74) is 0.534. The molecule has 2 amide bonds. The number of para-hydroxylation sites is 1. The first-order valence-electron chi connectivity index (χ1n) is 12.0. The lowest BCUT2D eigenvalue weighted by atomic mass is 9.98. The molecule has 0 unspecified atom stereocenters. The number of aromatic nitrogens is 4. The van der Waals surface area contributed by atoms with Gasteiger partial charge in [-0.3, -0.25) is 9.59 Å². The number of fused-ring (bicyclic) bond motifs is 1. The molecule has 0 spiro atoms. The van der Waals surface area contributed by atoms with Crippen molar-refractivity contribution in [1.82, 2.24) is 29.5 Å². The minimum atomic E-state index is -0.622. The van der Waals surface area contributed by atoms with Crippen LogP contribution in [0.25, 0.3) is 16.5 Å². The molecule has 4 aromatic rings. The summed E-state index contributed by atoms with van der Waals surface area (Å²) in [6.45, 7) is 7.33. The van der Waals surface area contributed by atoms with Crippen LogP contribution in [0, 0.1) is 0 Å². The van der Waals surface area contributed by atoms with E-state index in [2.05, 4.69) is 15.1 Å². The molecule has 1 aliphatic rings. The third-order valence-electron chi connectivity index (χ3n) is 6.34. The molecule has 2 aromatic heterocycles. The zero-order chi connectivity index (χ0) is 25.3. The lowest BCUT2D eigenvalue weighted by Gasteiger charge is -2.46. The fraction of sp³-hybridized carbons (Fsp3) is 0.296. The summed E-state index contributed by atoms with van der Waals surface area (Å²) >= 11 is 0. The number of amides is 2. The molecule has 0 bridgehead atoms. The second kappa shape index (κ2) is 9.41. The molecule has 0 N–H and O–H groups in total. The number of ether oxygens (including phenoxy) is 1.